The van der Waals surface area contributed by atoms with Crippen LogP contribution in [0, 0.1) is 13.8 Å². The van der Waals surface area contributed by atoms with Crippen LogP contribution in [0.15, 0.2) is 23.1 Å². The highest BCUT2D eigenvalue weighted by atomic mass is 32.2. The first-order chi connectivity index (χ1) is 9.52. The Morgan fingerprint density at radius 1 is 1.30 bits per heavy atom. The zero-order chi connectivity index (χ0) is 15.0. The topological polar surface area (TPSA) is 55.4 Å². The zero-order valence-corrected chi connectivity index (χ0v) is 13.0. The van der Waals surface area contributed by atoms with E-state index < -0.39 is 0 Å². The number of hydrogen-bond acceptors (Lipinski definition) is 4. The molecular formula is C15H21NO3S. The number of rotatable bonds is 7. The number of hydrogen-bond donors (Lipinski definition) is 1. The molecule has 20 heavy (non-hydrogen) atoms. The molecule has 1 rings (SSSR count). The van der Waals surface area contributed by atoms with E-state index in [2.05, 4.69) is 23.5 Å². The molecule has 5 heteroatoms. The molecular weight excluding hydrogens is 274 g/mol. The van der Waals surface area contributed by atoms with Gasteiger partial charge in [-0.15, -0.1) is 11.8 Å². The van der Waals surface area contributed by atoms with Crippen LogP contribution < -0.4 is 5.32 Å². The van der Waals surface area contributed by atoms with Gasteiger partial charge in [0.1, 0.15) is 0 Å². The van der Waals surface area contributed by atoms with E-state index in [0.29, 0.717) is 18.9 Å². The van der Waals surface area contributed by atoms with Gasteiger partial charge in [-0.1, -0.05) is 17.7 Å². The maximum absolute atomic E-state index is 11.7. The molecule has 0 spiro atoms. The van der Waals surface area contributed by atoms with Gasteiger partial charge < -0.3 is 10.1 Å². The monoisotopic (exact) mass is 295 g/mol. The number of ether oxygens (including phenoxy) is 1. The van der Waals surface area contributed by atoms with Crippen molar-refractivity contribution in [3.63, 3.8) is 0 Å². The number of esters is 1. The number of carbonyl (C=O) groups is 2. The Hall–Kier alpha value is -1.49. The van der Waals surface area contributed by atoms with Crippen molar-refractivity contribution in [2.24, 2.45) is 0 Å². The normalized spacial score (nSPS) is 10.2. The Labute approximate surface area is 124 Å². The summed E-state index contributed by atoms with van der Waals surface area (Å²) in [7, 11) is 0. The molecule has 0 bridgehead atoms. The molecule has 0 fully saturated rings. The van der Waals surface area contributed by atoms with Crippen molar-refractivity contribution in [3.8, 4) is 0 Å². The summed E-state index contributed by atoms with van der Waals surface area (Å²) in [5, 5.41) is 2.72. The maximum Gasteiger partial charge on any atom is 0.307 e. The van der Waals surface area contributed by atoms with Crippen LogP contribution >= 0.6 is 11.8 Å². The largest absolute Gasteiger partial charge is 0.466 e. The van der Waals surface area contributed by atoms with E-state index >= 15 is 0 Å². The van der Waals surface area contributed by atoms with Gasteiger partial charge in [-0.05, 0) is 32.4 Å². The predicted molar refractivity (Wildman–Crippen MR) is 80.9 cm³/mol. The van der Waals surface area contributed by atoms with E-state index in [1.165, 1.54) is 22.9 Å². The van der Waals surface area contributed by atoms with Gasteiger partial charge in [0.2, 0.25) is 5.91 Å². The third-order valence-corrected chi connectivity index (χ3v) is 3.82. The fraction of sp³-hybridized carbons (Fsp3) is 0.467. The predicted octanol–water partition coefficient (Wildman–Crippen LogP) is 2.46. The van der Waals surface area contributed by atoms with Crippen molar-refractivity contribution < 1.29 is 14.3 Å². The van der Waals surface area contributed by atoms with Gasteiger partial charge in [-0.2, -0.15) is 0 Å². The fourth-order valence-electron chi connectivity index (χ4n) is 1.59. The Bertz CT molecular complexity index is 474. The lowest BCUT2D eigenvalue weighted by Crippen LogP contribution is -2.28. The molecule has 0 radical (unpaired) electrons. The number of aryl methyl sites for hydroxylation is 2. The second kappa shape index (κ2) is 8.64. The van der Waals surface area contributed by atoms with Gasteiger partial charge in [0, 0.05) is 11.4 Å². The van der Waals surface area contributed by atoms with E-state index in [1.807, 2.05) is 13.8 Å². The molecule has 1 aromatic carbocycles. The molecule has 0 atom stereocenters. The lowest BCUT2D eigenvalue weighted by molar-refractivity contribution is -0.142. The van der Waals surface area contributed by atoms with Gasteiger partial charge >= 0.3 is 5.97 Å². The first-order valence-electron chi connectivity index (χ1n) is 6.65. The van der Waals surface area contributed by atoms with E-state index in [0.717, 1.165) is 4.90 Å². The van der Waals surface area contributed by atoms with E-state index in [1.54, 1.807) is 6.92 Å². The van der Waals surface area contributed by atoms with Crippen molar-refractivity contribution in [3.05, 3.63) is 29.3 Å². The van der Waals surface area contributed by atoms with Crippen molar-refractivity contribution in [1.82, 2.24) is 5.32 Å². The van der Waals surface area contributed by atoms with Crippen LogP contribution in [-0.2, 0) is 14.3 Å². The third-order valence-electron chi connectivity index (χ3n) is 2.66. The molecule has 110 valence electrons. The fourth-order valence-corrected chi connectivity index (χ4v) is 2.55. The number of thioether (sulfide) groups is 1. The number of nitrogens with one attached hydrogen (secondary N) is 1. The van der Waals surface area contributed by atoms with Gasteiger partial charge in [-0.25, -0.2) is 0 Å². The van der Waals surface area contributed by atoms with Crippen molar-refractivity contribution in [2.75, 3.05) is 18.9 Å². The van der Waals surface area contributed by atoms with Gasteiger partial charge in [0.05, 0.1) is 18.8 Å². The van der Waals surface area contributed by atoms with Gasteiger partial charge in [-0.3, -0.25) is 9.59 Å². The van der Waals surface area contributed by atoms with Crippen LogP contribution in [0.3, 0.4) is 0 Å². The van der Waals surface area contributed by atoms with E-state index in [-0.39, 0.29) is 18.3 Å². The summed E-state index contributed by atoms with van der Waals surface area (Å²) in [6.45, 7) is 6.51. The molecule has 1 amide bonds. The van der Waals surface area contributed by atoms with Crippen LogP contribution in [0.4, 0.5) is 0 Å². The molecule has 0 saturated carbocycles. The summed E-state index contributed by atoms with van der Waals surface area (Å²) in [5.41, 5.74) is 2.35. The molecule has 1 aromatic rings. The Morgan fingerprint density at radius 2 is 2.05 bits per heavy atom. The molecule has 0 aliphatic heterocycles. The highest BCUT2D eigenvalue weighted by Gasteiger charge is 2.06. The molecule has 0 heterocycles. The number of benzene rings is 1. The van der Waals surface area contributed by atoms with Crippen LogP contribution in [0.5, 0.6) is 0 Å². The Balaban J connectivity index is 2.29. The molecule has 0 saturated heterocycles. The summed E-state index contributed by atoms with van der Waals surface area (Å²) in [6, 6.07) is 6.18. The number of amides is 1. The minimum absolute atomic E-state index is 0.0693. The minimum Gasteiger partial charge on any atom is -0.466 e. The lowest BCUT2D eigenvalue weighted by atomic mass is 10.2. The van der Waals surface area contributed by atoms with Crippen LogP contribution in [-0.4, -0.2) is 30.8 Å². The molecule has 1 N–H and O–H groups in total. The van der Waals surface area contributed by atoms with Crippen molar-refractivity contribution >= 4 is 23.6 Å². The minimum atomic E-state index is -0.282. The summed E-state index contributed by atoms with van der Waals surface area (Å²) in [6.07, 6.45) is 0.216. The first kappa shape index (κ1) is 16.6. The zero-order valence-electron chi connectivity index (χ0n) is 12.2. The second-order valence-corrected chi connectivity index (χ2v) is 5.48. The van der Waals surface area contributed by atoms with Crippen LogP contribution in [0.1, 0.15) is 24.5 Å². The molecule has 0 aliphatic carbocycles. The Morgan fingerprint density at radius 3 is 2.75 bits per heavy atom. The van der Waals surface area contributed by atoms with Gasteiger partial charge in [0.25, 0.3) is 0 Å². The van der Waals surface area contributed by atoms with Crippen LogP contribution in [0.25, 0.3) is 0 Å². The van der Waals surface area contributed by atoms with Gasteiger partial charge in [0.15, 0.2) is 0 Å². The van der Waals surface area contributed by atoms with Crippen LogP contribution in [0.2, 0.25) is 0 Å². The molecule has 0 unspecified atom stereocenters. The summed E-state index contributed by atoms with van der Waals surface area (Å²) < 4.78 is 4.79. The average molecular weight is 295 g/mol. The smallest absolute Gasteiger partial charge is 0.307 e. The van der Waals surface area contributed by atoms with E-state index in [4.69, 9.17) is 4.74 Å². The highest BCUT2D eigenvalue weighted by Crippen LogP contribution is 2.23. The third kappa shape index (κ3) is 6.10. The second-order valence-electron chi connectivity index (χ2n) is 4.46. The summed E-state index contributed by atoms with van der Waals surface area (Å²) >= 11 is 1.51. The Kier molecular flexibility index (Phi) is 7.15. The standard InChI is InChI=1S/C15H21NO3S/c1-4-19-15(18)7-8-16-14(17)10-20-13-9-11(2)5-6-12(13)3/h5-6,9H,4,7-8,10H2,1-3H3,(H,16,17). The number of carbonyl (C=O) groups excluding carboxylic acids is 2. The molecule has 0 aliphatic rings. The summed E-state index contributed by atoms with van der Waals surface area (Å²) in [4.78, 5) is 23.9. The molecule has 4 nitrogen and oxygen atoms in total. The SMILES string of the molecule is CCOC(=O)CCNC(=O)CSc1cc(C)ccc1C. The van der Waals surface area contributed by atoms with Crippen molar-refractivity contribution in [1.29, 1.82) is 0 Å². The lowest BCUT2D eigenvalue weighted by Gasteiger charge is -2.07. The first-order valence-corrected chi connectivity index (χ1v) is 7.64. The quantitative estimate of drug-likeness (QED) is 0.620. The van der Waals surface area contributed by atoms with Crippen molar-refractivity contribution in [2.45, 2.75) is 32.1 Å². The summed E-state index contributed by atoms with van der Waals surface area (Å²) in [5.74, 6) is 0.00261. The maximum atomic E-state index is 11.7. The average Bonchev–Trinajstić information content (AvgIpc) is 2.40. The van der Waals surface area contributed by atoms with E-state index in [9.17, 15) is 9.59 Å². The highest BCUT2D eigenvalue weighted by molar-refractivity contribution is 8.00. The molecule has 0 aromatic heterocycles.